The Balaban J connectivity index is 1.44. The molecule has 1 heterocycles. The monoisotopic (exact) mass is 461 g/mol. The summed E-state index contributed by atoms with van der Waals surface area (Å²) in [7, 11) is 0. The van der Waals surface area contributed by atoms with E-state index in [1.807, 2.05) is 11.0 Å². The lowest BCUT2D eigenvalue weighted by Gasteiger charge is -2.28. The molecule has 3 rings (SSSR count). The van der Waals surface area contributed by atoms with E-state index in [0.29, 0.717) is 19.5 Å². The van der Waals surface area contributed by atoms with Crippen LogP contribution in [0.1, 0.15) is 24.0 Å². The van der Waals surface area contributed by atoms with Gasteiger partial charge in [-0.3, -0.25) is 19.7 Å². The van der Waals surface area contributed by atoms with Crippen molar-refractivity contribution in [3.05, 3.63) is 81.4 Å². The summed E-state index contributed by atoms with van der Waals surface area (Å²) in [4.78, 5) is 36.6. The lowest BCUT2D eigenvalue weighted by Crippen LogP contribution is -2.32. The molecule has 0 bridgehead atoms. The molecule has 33 heavy (non-hydrogen) atoms. The van der Waals surface area contributed by atoms with Gasteiger partial charge in [0.1, 0.15) is 0 Å². The van der Waals surface area contributed by atoms with Crippen molar-refractivity contribution in [1.29, 1.82) is 0 Å². The molecule has 2 aromatic carbocycles. The minimum absolute atomic E-state index is 0.0197. The molecule has 0 aromatic heterocycles. The smallest absolute Gasteiger partial charge is 0.367 e. The van der Waals surface area contributed by atoms with Gasteiger partial charge < -0.3 is 10.2 Å². The first-order valence-electron chi connectivity index (χ1n) is 10.2. The maximum atomic E-state index is 12.8. The van der Waals surface area contributed by atoms with Crippen LogP contribution in [0.2, 0.25) is 0 Å². The number of carbonyl (C=O) groups is 2. The highest BCUT2D eigenvalue weighted by Crippen LogP contribution is 2.29. The van der Waals surface area contributed by atoms with Crippen LogP contribution in [0, 0.1) is 10.1 Å². The third-order valence-electron chi connectivity index (χ3n) is 5.25. The van der Waals surface area contributed by atoms with E-state index in [-0.39, 0.29) is 42.3 Å². The second kappa shape index (κ2) is 10.3. The molecular formula is C23H22F3N3O4. The molecule has 1 N–H and O–H groups in total. The van der Waals surface area contributed by atoms with E-state index in [2.05, 4.69) is 5.32 Å². The molecular weight excluding hydrogens is 439 g/mol. The van der Waals surface area contributed by atoms with Gasteiger partial charge in [0.25, 0.3) is 5.69 Å². The van der Waals surface area contributed by atoms with Crippen LogP contribution in [0.5, 0.6) is 0 Å². The molecule has 0 radical (unpaired) electrons. The van der Waals surface area contributed by atoms with Gasteiger partial charge in [-0.05, 0) is 30.2 Å². The van der Waals surface area contributed by atoms with Crippen LogP contribution in [0.25, 0.3) is 0 Å². The number of ketones is 1. The maximum Gasteiger partial charge on any atom is 0.416 e. The zero-order chi connectivity index (χ0) is 24.0. The number of non-ortho nitro benzene ring substituents is 1. The van der Waals surface area contributed by atoms with Crippen molar-refractivity contribution in [2.24, 2.45) is 0 Å². The lowest BCUT2D eigenvalue weighted by atomic mass is 10.0. The van der Waals surface area contributed by atoms with Gasteiger partial charge in [-0.15, -0.1) is 0 Å². The summed E-state index contributed by atoms with van der Waals surface area (Å²) in [5, 5.41) is 13.3. The fourth-order valence-corrected chi connectivity index (χ4v) is 3.51. The molecule has 1 aliphatic rings. The zero-order valence-corrected chi connectivity index (χ0v) is 17.6. The normalized spacial score (nSPS) is 13.9. The molecule has 10 heteroatoms. The molecule has 0 fully saturated rings. The van der Waals surface area contributed by atoms with Gasteiger partial charge in [-0.25, -0.2) is 0 Å². The van der Waals surface area contributed by atoms with Gasteiger partial charge in [0.15, 0.2) is 5.78 Å². The van der Waals surface area contributed by atoms with Crippen LogP contribution >= 0.6 is 0 Å². The Bertz CT molecular complexity index is 1070. The summed E-state index contributed by atoms with van der Waals surface area (Å²) < 4.78 is 38.3. The highest BCUT2D eigenvalue weighted by Gasteiger charge is 2.30. The van der Waals surface area contributed by atoms with E-state index in [9.17, 15) is 32.9 Å². The number of alkyl halides is 3. The van der Waals surface area contributed by atoms with Crippen LogP contribution in [0.3, 0.4) is 0 Å². The molecule has 0 atom stereocenters. The largest absolute Gasteiger partial charge is 0.416 e. The number of halogens is 3. The number of hydrogen-bond acceptors (Lipinski definition) is 5. The number of anilines is 1. The average Bonchev–Trinajstić information content (AvgIpc) is 2.78. The maximum absolute atomic E-state index is 12.8. The number of nitro groups is 1. The predicted molar refractivity (Wildman–Crippen MR) is 116 cm³/mol. The lowest BCUT2D eigenvalue weighted by molar-refractivity contribution is -0.384. The van der Waals surface area contributed by atoms with Crippen molar-refractivity contribution >= 4 is 23.1 Å². The fraction of sp³-hybridized carbons (Fsp3) is 0.304. The van der Waals surface area contributed by atoms with Crippen molar-refractivity contribution in [3.63, 3.8) is 0 Å². The Labute approximate surface area is 188 Å². The number of hydrogen-bond donors (Lipinski definition) is 1. The summed E-state index contributed by atoms with van der Waals surface area (Å²) in [5.74, 6) is -0.716. The number of amides is 1. The van der Waals surface area contributed by atoms with Gasteiger partial charge in [-0.2, -0.15) is 13.2 Å². The molecule has 174 valence electrons. The standard InChI is InChI=1S/C23H22F3N3O4/c24-23(25,26)18-3-1-2-17(12-18)13-21(30)15-27-22(31)14-16-8-10-28(11-9-16)19-4-6-20(7-5-19)29(32)33/h1-8,12H,9-11,13-15H2,(H,27,31). The Hall–Kier alpha value is -3.69. The Morgan fingerprint density at radius 1 is 1.09 bits per heavy atom. The van der Waals surface area contributed by atoms with Crippen molar-refractivity contribution in [1.82, 2.24) is 5.32 Å². The van der Waals surface area contributed by atoms with Crippen molar-refractivity contribution in [3.8, 4) is 0 Å². The van der Waals surface area contributed by atoms with Crippen molar-refractivity contribution < 1.29 is 27.7 Å². The van der Waals surface area contributed by atoms with Gasteiger partial charge in [-0.1, -0.05) is 29.8 Å². The number of nitrogens with zero attached hydrogens (tertiary/aromatic N) is 2. The second-order valence-corrected chi connectivity index (χ2v) is 7.70. The van der Waals surface area contributed by atoms with E-state index >= 15 is 0 Å². The van der Waals surface area contributed by atoms with Gasteiger partial charge in [0.05, 0.1) is 17.0 Å². The van der Waals surface area contributed by atoms with Gasteiger partial charge in [0.2, 0.25) is 5.91 Å². The first kappa shape index (κ1) is 24.0. The molecule has 1 amide bonds. The summed E-state index contributed by atoms with van der Waals surface area (Å²) in [6.45, 7) is 0.942. The summed E-state index contributed by atoms with van der Waals surface area (Å²) in [5.41, 5.74) is 1.21. The quantitative estimate of drug-likeness (QED) is 0.364. The molecule has 0 aliphatic carbocycles. The van der Waals surface area contributed by atoms with E-state index in [1.165, 1.54) is 24.3 Å². The predicted octanol–water partition coefficient (Wildman–Crippen LogP) is 4.07. The highest BCUT2D eigenvalue weighted by molar-refractivity contribution is 5.88. The minimum Gasteiger partial charge on any atom is -0.367 e. The second-order valence-electron chi connectivity index (χ2n) is 7.70. The topological polar surface area (TPSA) is 92.6 Å². The Kier molecular flexibility index (Phi) is 7.47. The summed E-state index contributed by atoms with van der Waals surface area (Å²) >= 11 is 0. The number of nitrogens with one attached hydrogen (secondary N) is 1. The van der Waals surface area contributed by atoms with Crippen molar-refractivity contribution in [2.75, 3.05) is 24.5 Å². The van der Waals surface area contributed by atoms with Gasteiger partial charge >= 0.3 is 6.18 Å². The Morgan fingerprint density at radius 2 is 1.82 bits per heavy atom. The first-order valence-corrected chi connectivity index (χ1v) is 10.2. The first-order chi connectivity index (χ1) is 15.6. The molecule has 7 nitrogen and oxygen atoms in total. The SMILES string of the molecule is O=C(CNC(=O)CC1=CCN(c2ccc([N+](=O)[O-])cc2)CC1)Cc1cccc(C(F)(F)F)c1. The minimum atomic E-state index is -4.48. The highest BCUT2D eigenvalue weighted by atomic mass is 19.4. The van der Waals surface area contributed by atoms with Crippen LogP contribution in [-0.4, -0.2) is 36.2 Å². The van der Waals surface area contributed by atoms with Crippen LogP contribution < -0.4 is 10.2 Å². The van der Waals surface area contributed by atoms with E-state index < -0.39 is 16.7 Å². The molecule has 1 aliphatic heterocycles. The van der Waals surface area contributed by atoms with Gasteiger partial charge in [0, 0.05) is 43.8 Å². The zero-order valence-electron chi connectivity index (χ0n) is 17.6. The van der Waals surface area contributed by atoms with Crippen molar-refractivity contribution in [2.45, 2.75) is 25.4 Å². The van der Waals surface area contributed by atoms with Crippen LogP contribution in [-0.2, 0) is 22.2 Å². The van der Waals surface area contributed by atoms with Crippen LogP contribution in [0.4, 0.5) is 24.5 Å². The number of benzene rings is 2. The van der Waals surface area contributed by atoms with E-state index in [0.717, 1.165) is 23.4 Å². The molecule has 0 unspecified atom stereocenters. The number of carbonyl (C=O) groups excluding carboxylic acids is 2. The molecule has 0 spiro atoms. The number of nitro benzene ring substituents is 1. The summed E-state index contributed by atoms with van der Waals surface area (Å²) in [6, 6.07) is 10.8. The fourth-order valence-electron chi connectivity index (χ4n) is 3.51. The molecule has 0 saturated carbocycles. The third kappa shape index (κ3) is 6.90. The number of rotatable bonds is 8. The summed E-state index contributed by atoms with van der Waals surface area (Å²) in [6.07, 6.45) is -2.01. The van der Waals surface area contributed by atoms with Crippen LogP contribution in [0.15, 0.2) is 60.2 Å². The third-order valence-corrected chi connectivity index (χ3v) is 5.25. The number of Topliss-reactive ketones (excluding diaryl/α,β-unsaturated/α-hetero) is 1. The Morgan fingerprint density at radius 3 is 2.42 bits per heavy atom. The average molecular weight is 461 g/mol. The van der Waals surface area contributed by atoms with E-state index in [1.54, 1.807) is 12.1 Å². The van der Waals surface area contributed by atoms with E-state index in [4.69, 9.17) is 0 Å². The molecule has 2 aromatic rings. The molecule has 0 saturated heterocycles.